The first-order valence-corrected chi connectivity index (χ1v) is 7.93. The minimum Gasteiger partial charge on any atom is -0.351 e. The van der Waals surface area contributed by atoms with Crippen molar-refractivity contribution in [2.24, 2.45) is 11.1 Å². The largest absolute Gasteiger partial charge is 0.351 e. The van der Waals surface area contributed by atoms with Gasteiger partial charge in [0.15, 0.2) is 0 Å². The van der Waals surface area contributed by atoms with Gasteiger partial charge in [-0.25, -0.2) is 0 Å². The summed E-state index contributed by atoms with van der Waals surface area (Å²) in [6.07, 6.45) is 5.37. The maximum Gasteiger partial charge on any atom is 0.227 e. The molecule has 0 spiro atoms. The molecule has 4 heteroatoms. The lowest BCUT2D eigenvalue weighted by Crippen LogP contribution is -2.46. The molecule has 0 atom stereocenters. The van der Waals surface area contributed by atoms with E-state index in [1.807, 2.05) is 0 Å². The maximum atomic E-state index is 12.4. The molecule has 1 saturated carbocycles. The van der Waals surface area contributed by atoms with Crippen LogP contribution in [0.3, 0.4) is 0 Å². The fraction of sp³-hybridized carbons (Fsp3) is 0.667. The molecular formula is C15H24N2OS. The maximum absolute atomic E-state index is 12.4. The Morgan fingerprint density at radius 1 is 1.37 bits per heavy atom. The summed E-state index contributed by atoms with van der Waals surface area (Å²) in [4.78, 5) is 15.0. The molecule has 1 aliphatic carbocycles. The molecular weight excluding hydrogens is 256 g/mol. The van der Waals surface area contributed by atoms with Gasteiger partial charge in [0.05, 0.1) is 12.0 Å². The summed E-state index contributed by atoms with van der Waals surface area (Å²) < 4.78 is 0. The van der Waals surface area contributed by atoms with E-state index in [-0.39, 0.29) is 11.3 Å². The van der Waals surface area contributed by atoms with Crippen LogP contribution in [-0.2, 0) is 11.3 Å². The lowest BCUT2D eigenvalue weighted by atomic mass is 9.73. The van der Waals surface area contributed by atoms with Crippen molar-refractivity contribution in [3.63, 3.8) is 0 Å². The normalized spacial score (nSPS) is 18.3. The van der Waals surface area contributed by atoms with Crippen LogP contribution in [0.2, 0.25) is 0 Å². The van der Waals surface area contributed by atoms with Gasteiger partial charge in [-0.1, -0.05) is 19.3 Å². The fourth-order valence-electron chi connectivity index (χ4n) is 2.84. The van der Waals surface area contributed by atoms with Gasteiger partial charge in [0.2, 0.25) is 5.91 Å². The summed E-state index contributed by atoms with van der Waals surface area (Å²) in [5.41, 5.74) is 6.88. The van der Waals surface area contributed by atoms with Crippen molar-refractivity contribution in [2.75, 3.05) is 6.54 Å². The Morgan fingerprint density at radius 3 is 2.58 bits per heavy atom. The Morgan fingerprint density at radius 2 is 2.05 bits per heavy atom. The summed E-state index contributed by atoms with van der Waals surface area (Å²) in [6.45, 7) is 5.34. The van der Waals surface area contributed by atoms with Crippen molar-refractivity contribution in [3.05, 3.63) is 21.4 Å². The lowest BCUT2D eigenvalue weighted by molar-refractivity contribution is -0.132. The number of hydrogen-bond acceptors (Lipinski definition) is 3. The molecule has 0 saturated heterocycles. The Hall–Kier alpha value is -0.870. The summed E-state index contributed by atoms with van der Waals surface area (Å²) in [6, 6.07) is 2.16. The van der Waals surface area contributed by atoms with Crippen molar-refractivity contribution in [1.82, 2.24) is 5.32 Å². The minimum absolute atomic E-state index is 0.151. The summed E-state index contributed by atoms with van der Waals surface area (Å²) in [5, 5.41) is 3.09. The smallest absolute Gasteiger partial charge is 0.227 e. The molecule has 19 heavy (non-hydrogen) atoms. The Balaban J connectivity index is 1.96. The zero-order chi connectivity index (χ0) is 13.9. The van der Waals surface area contributed by atoms with E-state index in [4.69, 9.17) is 5.73 Å². The second-order valence-electron chi connectivity index (χ2n) is 5.68. The van der Waals surface area contributed by atoms with Gasteiger partial charge in [-0.3, -0.25) is 4.79 Å². The third-order valence-electron chi connectivity index (χ3n) is 4.32. The van der Waals surface area contributed by atoms with Gasteiger partial charge in [-0.2, -0.15) is 0 Å². The van der Waals surface area contributed by atoms with Crippen LogP contribution >= 0.6 is 11.3 Å². The van der Waals surface area contributed by atoms with Gasteiger partial charge in [0.1, 0.15) is 0 Å². The molecule has 1 amide bonds. The molecule has 106 valence electrons. The highest BCUT2D eigenvalue weighted by atomic mass is 32.1. The second kappa shape index (κ2) is 6.06. The summed E-state index contributed by atoms with van der Waals surface area (Å²) in [5.74, 6) is 0.151. The van der Waals surface area contributed by atoms with Crippen LogP contribution in [0.15, 0.2) is 6.07 Å². The van der Waals surface area contributed by atoms with Crippen LogP contribution in [0.25, 0.3) is 0 Å². The molecule has 0 aliphatic heterocycles. The minimum atomic E-state index is -0.306. The van der Waals surface area contributed by atoms with Crippen LogP contribution in [0.4, 0.5) is 0 Å². The molecule has 1 aliphatic rings. The first-order chi connectivity index (χ1) is 9.07. The van der Waals surface area contributed by atoms with E-state index in [0.29, 0.717) is 13.1 Å². The number of nitrogens with two attached hydrogens (primary N) is 1. The molecule has 2 rings (SSSR count). The zero-order valence-corrected chi connectivity index (χ0v) is 12.7. The van der Waals surface area contributed by atoms with Crippen LogP contribution in [-0.4, -0.2) is 12.5 Å². The average molecular weight is 280 g/mol. The van der Waals surface area contributed by atoms with E-state index in [1.54, 1.807) is 11.3 Å². The molecule has 1 aromatic rings. The average Bonchev–Trinajstić information content (AvgIpc) is 2.76. The number of aryl methyl sites for hydroxylation is 2. The van der Waals surface area contributed by atoms with Gasteiger partial charge in [-0.15, -0.1) is 11.3 Å². The zero-order valence-electron chi connectivity index (χ0n) is 11.9. The second-order valence-corrected chi connectivity index (χ2v) is 7.02. The monoisotopic (exact) mass is 280 g/mol. The number of carbonyl (C=O) groups excluding carboxylic acids is 1. The van der Waals surface area contributed by atoms with Crippen LogP contribution in [0.1, 0.15) is 47.4 Å². The van der Waals surface area contributed by atoms with E-state index < -0.39 is 0 Å². The molecule has 1 fully saturated rings. The topological polar surface area (TPSA) is 55.1 Å². The number of nitrogens with one attached hydrogen (secondary N) is 1. The first-order valence-electron chi connectivity index (χ1n) is 7.12. The van der Waals surface area contributed by atoms with Gasteiger partial charge < -0.3 is 11.1 Å². The quantitative estimate of drug-likeness (QED) is 0.891. The van der Waals surface area contributed by atoms with E-state index in [2.05, 4.69) is 25.2 Å². The highest BCUT2D eigenvalue weighted by Gasteiger charge is 2.37. The van der Waals surface area contributed by atoms with E-state index in [9.17, 15) is 4.79 Å². The summed E-state index contributed by atoms with van der Waals surface area (Å²) >= 11 is 1.76. The van der Waals surface area contributed by atoms with E-state index in [1.165, 1.54) is 21.7 Å². The first kappa shape index (κ1) is 14.5. The number of amides is 1. The summed E-state index contributed by atoms with van der Waals surface area (Å²) in [7, 11) is 0. The van der Waals surface area contributed by atoms with Crippen molar-refractivity contribution in [3.8, 4) is 0 Å². The molecule has 0 aromatic carbocycles. The van der Waals surface area contributed by atoms with Gasteiger partial charge >= 0.3 is 0 Å². The van der Waals surface area contributed by atoms with Crippen molar-refractivity contribution in [2.45, 2.75) is 52.5 Å². The third-order valence-corrected chi connectivity index (χ3v) is 5.48. The van der Waals surface area contributed by atoms with Crippen LogP contribution in [0.5, 0.6) is 0 Å². The molecule has 3 nitrogen and oxygen atoms in total. The van der Waals surface area contributed by atoms with Gasteiger partial charge in [0.25, 0.3) is 0 Å². The third kappa shape index (κ3) is 3.18. The molecule has 1 heterocycles. The van der Waals surface area contributed by atoms with Gasteiger partial charge in [0, 0.05) is 16.3 Å². The lowest BCUT2D eigenvalue weighted by Gasteiger charge is -2.34. The number of carbonyl (C=O) groups is 1. The van der Waals surface area contributed by atoms with Crippen molar-refractivity contribution >= 4 is 17.2 Å². The van der Waals surface area contributed by atoms with E-state index in [0.717, 1.165) is 25.7 Å². The van der Waals surface area contributed by atoms with Crippen molar-refractivity contribution < 1.29 is 4.79 Å². The Bertz CT molecular complexity index is 427. The molecule has 3 N–H and O–H groups in total. The molecule has 0 unspecified atom stereocenters. The Kier molecular flexibility index (Phi) is 4.63. The molecule has 0 bridgehead atoms. The fourth-order valence-corrected chi connectivity index (χ4v) is 3.84. The number of thiophene rings is 1. The number of hydrogen-bond donors (Lipinski definition) is 2. The Labute approximate surface area is 119 Å². The van der Waals surface area contributed by atoms with Crippen LogP contribution in [0, 0.1) is 19.3 Å². The molecule has 0 radical (unpaired) electrons. The highest BCUT2D eigenvalue weighted by molar-refractivity contribution is 7.12. The van der Waals surface area contributed by atoms with Gasteiger partial charge in [-0.05, 0) is 38.3 Å². The standard InChI is InChI=1S/C15H24N2OS/c1-11-8-13(19-12(11)2)9-17-14(18)15(10-16)6-4-3-5-7-15/h8H,3-7,9-10,16H2,1-2H3,(H,17,18). The predicted molar refractivity (Wildman–Crippen MR) is 80.2 cm³/mol. The van der Waals surface area contributed by atoms with Crippen LogP contribution < -0.4 is 11.1 Å². The van der Waals surface area contributed by atoms with Crippen molar-refractivity contribution in [1.29, 1.82) is 0 Å². The SMILES string of the molecule is Cc1cc(CNC(=O)C2(CN)CCCCC2)sc1C. The predicted octanol–water partition coefficient (Wildman–Crippen LogP) is 2.89. The highest BCUT2D eigenvalue weighted by Crippen LogP contribution is 2.35. The number of rotatable bonds is 4. The van der Waals surface area contributed by atoms with E-state index >= 15 is 0 Å². The molecule has 1 aromatic heterocycles.